The van der Waals surface area contributed by atoms with E-state index in [1.165, 1.54) is 28.3 Å². The molecule has 0 heterocycles. The molecule has 3 N–H and O–H groups in total. The number of aryl methyl sites for hydroxylation is 2. The van der Waals surface area contributed by atoms with Gasteiger partial charge in [-0.3, -0.25) is 4.72 Å². The number of carbonyl (C=O) groups is 1. The van der Waals surface area contributed by atoms with Crippen LogP contribution in [0.4, 0.5) is 14.9 Å². The number of hydrogen-bond donors (Lipinski definition) is 3. The highest BCUT2D eigenvalue weighted by Gasteiger charge is 2.25. The summed E-state index contributed by atoms with van der Waals surface area (Å²) in [5.74, 6) is -0.431. The number of urea groups is 1. The SMILES string of the molecule is CC(C)(O)c1ccc(F)c(SNC(=O)Nc2c3c(cc4c2CCC4)CCC3)c1. The van der Waals surface area contributed by atoms with Crippen LogP contribution in [-0.2, 0) is 31.3 Å². The highest BCUT2D eigenvalue weighted by molar-refractivity contribution is 7.98. The van der Waals surface area contributed by atoms with Crippen molar-refractivity contribution in [3.63, 3.8) is 0 Å². The molecule has 0 atom stereocenters. The average Bonchev–Trinajstić information content (AvgIpc) is 3.28. The van der Waals surface area contributed by atoms with Gasteiger partial charge in [0.05, 0.1) is 10.5 Å². The van der Waals surface area contributed by atoms with Crippen LogP contribution in [0.1, 0.15) is 54.5 Å². The van der Waals surface area contributed by atoms with Gasteiger partial charge in [-0.05, 0) is 104 Å². The molecule has 28 heavy (non-hydrogen) atoms. The molecule has 148 valence electrons. The first-order chi connectivity index (χ1) is 13.3. The van der Waals surface area contributed by atoms with Crippen molar-refractivity contribution in [2.45, 2.75) is 62.9 Å². The van der Waals surface area contributed by atoms with Gasteiger partial charge in [0.2, 0.25) is 0 Å². The van der Waals surface area contributed by atoms with E-state index in [9.17, 15) is 14.3 Å². The number of amides is 2. The van der Waals surface area contributed by atoms with Crippen LogP contribution < -0.4 is 10.0 Å². The van der Waals surface area contributed by atoms with Crippen molar-refractivity contribution in [3.8, 4) is 0 Å². The minimum atomic E-state index is -1.07. The van der Waals surface area contributed by atoms with Crippen LogP contribution in [0.3, 0.4) is 0 Å². The zero-order valence-electron chi connectivity index (χ0n) is 16.2. The molecule has 4 nitrogen and oxygen atoms in total. The number of halogens is 1. The third-order valence-corrected chi connectivity index (χ3v) is 6.42. The second-order valence-electron chi connectivity index (χ2n) is 8.10. The Bertz CT molecular complexity index is 905. The predicted molar refractivity (Wildman–Crippen MR) is 110 cm³/mol. The number of nitrogens with one attached hydrogen (secondary N) is 2. The Kier molecular flexibility index (Phi) is 5.10. The van der Waals surface area contributed by atoms with E-state index in [2.05, 4.69) is 16.1 Å². The van der Waals surface area contributed by atoms with Gasteiger partial charge in [0.15, 0.2) is 0 Å². The molecule has 0 saturated carbocycles. The Balaban J connectivity index is 1.50. The van der Waals surface area contributed by atoms with E-state index in [0.717, 1.165) is 56.2 Å². The molecule has 2 aromatic rings. The lowest BCUT2D eigenvalue weighted by atomic mass is 9.99. The molecule has 0 spiro atoms. The van der Waals surface area contributed by atoms with Crippen molar-refractivity contribution in [1.82, 2.24) is 4.72 Å². The Labute approximate surface area is 169 Å². The second-order valence-corrected chi connectivity index (χ2v) is 8.94. The average molecular weight is 401 g/mol. The molecule has 4 rings (SSSR count). The number of fused-ring (bicyclic) bond motifs is 2. The Morgan fingerprint density at radius 2 is 1.71 bits per heavy atom. The van der Waals surface area contributed by atoms with Crippen molar-refractivity contribution in [2.24, 2.45) is 0 Å². The maximum absolute atomic E-state index is 14.1. The van der Waals surface area contributed by atoms with Gasteiger partial charge < -0.3 is 10.4 Å². The number of hydrogen-bond acceptors (Lipinski definition) is 3. The molecule has 0 radical (unpaired) electrons. The minimum Gasteiger partial charge on any atom is -0.386 e. The van der Waals surface area contributed by atoms with Crippen molar-refractivity contribution >= 4 is 23.7 Å². The van der Waals surface area contributed by atoms with E-state index in [4.69, 9.17) is 0 Å². The summed E-state index contributed by atoms with van der Waals surface area (Å²) < 4.78 is 16.8. The van der Waals surface area contributed by atoms with Crippen LogP contribution in [-0.4, -0.2) is 11.1 Å². The third-order valence-electron chi connectivity index (χ3n) is 5.60. The van der Waals surface area contributed by atoms with Gasteiger partial charge in [-0.2, -0.15) is 0 Å². The van der Waals surface area contributed by atoms with Crippen molar-refractivity contribution in [1.29, 1.82) is 0 Å². The van der Waals surface area contributed by atoms with Crippen LogP contribution in [0.2, 0.25) is 0 Å². The number of carbonyl (C=O) groups excluding carboxylic acids is 1. The minimum absolute atomic E-state index is 0.276. The topological polar surface area (TPSA) is 61.4 Å². The number of anilines is 1. The molecule has 0 aromatic heterocycles. The normalized spacial score (nSPS) is 15.3. The highest BCUT2D eigenvalue weighted by atomic mass is 32.2. The predicted octanol–water partition coefficient (Wildman–Crippen LogP) is 4.86. The molecule has 6 heteroatoms. The standard InChI is InChI=1S/C22H25FN2O2S/c1-22(2,27)15-9-10-18(23)19(12-15)28-25-21(26)24-20-16-7-3-5-13(16)11-14-6-4-8-17(14)20/h9-12,27H,3-8H2,1-2H3,(H2,24,25,26). The summed E-state index contributed by atoms with van der Waals surface area (Å²) in [4.78, 5) is 12.8. The highest BCUT2D eigenvalue weighted by Crippen LogP contribution is 2.38. The lowest BCUT2D eigenvalue weighted by Gasteiger charge is -2.19. The van der Waals surface area contributed by atoms with E-state index in [1.807, 2.05) is 0 Å². The van der Waals surface area contributed by atoms with Gasteiger partial charge in [-0.25, -0.2) is 9.18 Å². The quantitative estimate of drug-likeness (QED) is 0.643. The molecule has 2 amide bonds. The van der Waals surface area contributed by atoms with E-state index in [-0.39, 0.29) is 10.9 Å². The lowest BCUT2D eigenvalue weighted by Crippen LogP contribution is -2.24. The van der Waals surface area contributed by atoms with Crippen molar-refractivity contribution < 1.29 is 14.3 Å². The molecule has 0 bridgehead atoms. The van der Waals surface area contributed by atoms with E-state index < -0.39 is 11.4 Å². The van der Waals surface area contributed by atoms with Gasteiger partial charge >= 0.3 is 6.03 Å². The van der Waals surface area contributed by atoms with Gasteiger partial charge in [-0.15, -0.1) is 0 Å². The van der Waals surface area contributed by atoms with Gasteiger partial charge in [0.25, 0.3) is 0 Å². The van der Waals surface area contributed by atoms with Gasteiger partial charge in [0.1, 0.15) is 5.82 Å². The maximum Gasteiger partial charge on any atom is 0.329 e. The first-order valence-corrected chi connectivity index (χ1v) is 10.6. The van der Waals surface area contributed by atoms with Crippen LogP contribution in [0.25, 0.3) is 0 Å². The van der Waals surface area contributed by atoms with Crippen molar-refractivity contribution in [3.05, 3.63) is 57.9 Å². The van der Waals surface area contributed by atoms with Crippen molar-refractivity contribution in [2.75, 3.05) is 5.32 Å². The molecule has 0 saturated heterocycles. The second kappa shape index (κ2) is 7.41. The summed E-state index contributed by atoms with van der Waals surface area (Å²) in [5.41, 5.74) is 5.71. The van der Waals surface area contributed by atoms with E-state index >= 15 is 0 Å². The van der Waals surface area contributed by atoms with Crippen LogP contribution >= 0.6 is 11.9 Å². The van der Waals surface area contributed by atoms with Crippen LogP contribution in [0.15, 0.2) is 29.2 Å². The zero-order valence-corrected chi connectivity index (χ0v) is 17.0. The third kappa shape index (κ3) is 3.76. The van der Waals surface area contributed by atoms with E-state index in [1.54, 1.807) is 26.0 Å². The first kappa shape index (κ1) is 19.3. The summed E-state index contributed by atoms with van der Waals surface area (Å²) in [7, 11) is 0. The molecule has 0 fully saturated rings. The molecule has 0 aliphatic heterocycles. The Morgan fingerprint density at radius 1 is 1.07 bits per heavy atom. The van der Waals surface area contributed by atoms with Gasteiger partial charge in [0, 0.05) is 5.69 Å². The molecule has 0 unspecified atom stereocenters. The monoisotopic (exact) mass is 400 g/mol. The largest absolute Gasteiger partial charge is 0.386 e. The molecular weight excluding hydrogens is 375 g/mol. The summed E-state index contributed by atoms with van der Waals surface area (Å²) in [5, 5.41) is 13.2. The summed E-state index contributed by atoms with van der Waals surface area (Å²) in [6, 6.07) is 6.40. The fourth-order valence-electron chi connectivity index (χ4n) is 4.17. The molecular formula is C22H25FN2O2S. The molecule has 2 aromatic carbocycles. The molecule has 2 aliphatic carbocycles. The Morgan fingerprint density at radius 3 is 2.32 bits per heavy atom. The van der Waals surface area contributed by atoms with E-state index in [0.29, 0.717) is 5.56 Å². The fourth-order valence-corrected chi connectivity index (χ4v) is 4.77. The first-order valence-electron chi connectivity index (χ1n) is 9.75. The number of aliphatic hydroxyl groups is 1. The smallest absolute Gasteiger partial charge is 0.329 e. The fraction of sp³-hybridized carbons (Fsp3) is 0.409. The Hall–Kier alpha value is -2.05. The summed E-state index contributed by atoms with van der Waals surface area (Å²) >= 11 is 0.923. The zero-order chi connectivity index (χ0) is 19.9. The lowest BCUT2D eigenvalue weighted by molar-refractivity contribution is 0.0782. The van der Waals surface area contributed by atoms with Crippen LogP contribution in [0.5, 0.6) is 0 Å². The van der Waals surface area contributed by atoms with Gasteiger partial charge in [-0.1, -0.05) is 12.1 Å². The number of benzene rings is 2. The molecule has 2 aliphatic rings. The van der Waals surface area contributed by atoms with Crippen LogP contribution in [0, 0.1) is 5.82 Å². The maximum atomic E-state index is 14.1. The summed E-state index contributed by atoms with van der Waals surface area (Å²) in [6.45, 7) is 3.29. The number of rotatable bonds is 4. The summed E-state index contributed by atoms with van der Waals surface area (Å²) in [6.07, 6.45) is 6.38.